The molecule has 0 aliphatic heterocycles. The van der Waals surface area contributed by atoms with Crippen LogP contribution in [0.2, 0.25) is 0 Å². The molecule has 0 saturated heterocycles. The molecule has 0 atom stereocenters. The zero-order valence-corrected chi connectivity index (χ0v) is 16.7. The molecule has 0 spiro atoms. The van der Waals surface area contributed by atoms with Crippen LogP contribution >= 0.6 is 8.00 Å². The molecular weight excluding hydrogens is 369 g/mol. The Bertz CT molecular complexity index is 588. The van der Waals surface area contributed by atoms with E-state index in [2.05, 4.69) is 5.11 Å². The number of anilines is 1. The second kappa shape index (κ2) is 9.49. The second-order valence-corrected chi connectivity index (χ2v) is 7.57. The summed E-state index contributed by atoms with van der Waals surface area (Å²) >= 11 is 0. The van der Waals surface area contributed by atoms with Gasteiger partial charge in [0, 0.05) is 0 Å². The van der Waals surface area contributed by atoms with Gasteiger partial charge in [-0.25, -0.2) is 0 Å². The van der Waals surface area contributed by atoms with Crippen LogP contribution in [0.4, 0.5) is 28.2 Å². The Morgan fingerprint density at radius 1 is 1.00 bits per heavy atom. The van der Waals surface area contributed by atoms with Gasteiger partial charge in [-0.2, -0.15) is 0 Å². The van der Waals surface area contributed by atoms with Gasteiger partial charge in [-0.1, -0.05) is 0 Å². The maximum atomic E-state index is 12.5. The van der Waals surface area contributed by atoms with Crippen molar-refractivity contribution < 1.29 is 21.5 Å². The SMILES string of the molecule is CCCC(CCC)Oc1cc(N(CC)CC)ccc1N=NP(F)(F)(F)F. The summed E-state index contributed by atoms with van der Waals surface area (Å²) in [6.07, 6.45) is 3.19. The zero-order chi connectivity index (χ0) is 19.8. The summed E-state index contributed by atoms with van der Waals surface area (Å²) < 4.78 is 56.1. The van der Waals surface area contributed by atoms with E-state index in [-0.39, 0.29) is 17.5 Å². The van der Waals surface area contributed by atoms with Crippen LogP contribution in [0, 0.1) is 0 Å². The third-order valence-electron chi connectivity index (χ3n) is 3.87. The Balaban J connectivity index is 3.26. The maximum absolute atomic E-state index is 12.5. The third-order valence-corrected chi connectivity index (χ3v) is 4.23. The predicted octanol–water partition coefficient (Wildman–Crippen LogP) is 7.97. The molecule has 0 unspecified atom stereocenters. The Kier molecular flexibility index (Phi) is 8.25. The van der Waals surface area contributed by atoms with Crippen molar-refractivity contribution in [2.45, 2.75) is 59.5 Å². The number of halogens is 4. The van der Waals surface area contributed by atoms with Crippen molar-refractivity contribution in [1.82, 2.24) is 0 Å². The molecule has 0 fully saturated rings. The average molecular weight is 397 g/mol. The molecule has 0 bridgehead atoms. The van der Waals surface area contributed by atoms with Gasteiger partial charge < -0.3 is 0 Å². The van der Waals surface area contributed by atoms with E-state index in [9.17, 15) is 16.8 Å². The van der Waals surface area contributed by atoms with Crippen molar-refractivity contribution in [2.24, 2.45) is 10.00 Å². The van der Waals surface area contributed by atoms with Crippen LogP contribution in [0.25, 0.3) is 0 Å². The summed E-state index contributed by atoms with van der Waals surface area (Å²) in [7, 11) is -8.05. The van der Waals surface area contributed by atoms with E-state index in [1.54, 1.807) is 12.1 Å². The van der Waals surface area contributed by atoms with E-state index < -0.39 is 8.00 Å². The third kappa shape index (κ3) is 7.85. The van der Waals surface area contributed by atoms with Gasteiger partial charge in [-0.15, -0.1) is 0 Å². The molecule has 0 aliphatic carbocycles. The van der Waals surface area contributed by atoms with E-state index in [1.807, 2.05) is 37.5 Å². The van der Waals surface area contributed by atoms with Crippen molar-refractivity contribution in [3.05, 3.63) is 18.2 Å². The molecule has 0 heterocycles. The monoisotopic (exact) mass is 397 g/mol. The normalized spacial score (nSPS) is 13.8. The Labute approximate surface area is 153 Å². The van der Waals surface area contributed by atoms with E-state index in [1.165, 1.54) is 6.07 Å². The Morgan fingerprint density at radius 3 is 2.04 bits per heavy atom. The molecule has 9 heteroatoms. The van der Waals surface area contributed by atoms with Gasteiger partial charge in [0.2, 0.25) is 0 Å². The molecule has 1 aromatic rings. The molecule has 0 radical (unpaired) electrons. The fraction of sp³-hybridized carbons (Fsp3) is 0.647. The molecule has 0 aliphatic rings. The Hall–Kier alpha value is -1.43. The summed E-state index contributed by atoms with van der Waals surface area (Å²) in [5.41, 5.74) is 0.701. The predicted molar refractivity (Wildman–Crippen MR) is 100 cm³/mol. The van der Waals surface area contributed by atoms with Crippen LogP contribution in [0.1, 0.15) is 53.4 Å². The number of benzene rings is 1. The summed E-state index contributed by atoms with van der Waals surface area (Å²) in [4.78, 5) is 4.07. The first kappa shape index (κ1) is 22.6. The van der Waals surface area contributed by atoms with Crippen molar-refractivity contribution in [3.8, 4) is 5.75 Å². The summed E-state index contributed by atoms with van der Waals surface area (Å²) in [6.45, 7) is 9.48. The topological polar surface area (TPSA) is 37.2 Å². The fourth-order valence-electron chi connectivity index (χ4n) is 2.67. The van der Waals surface area contributed by atoms with Gasteiger partial charge in [-0.3, -0.25) is 0 Å². The first-order chi connectivity index (χ1) is 12.1. The number of hydrogen-bond acceptors (Lipinski definition) is 4. The average Bonchev–Trinajstić information content (AvgIpc) is 2.54. The van der Waals surface area contributed by atoms with Crippen molar-refractivity contribution >= 4 is 19.4 Å². The molecule has 1 aromatic carbocycles. The van der Waals surface area contributed by atoms with Crippen molar-refractivity contribution in [1.29, 1.82) is 0 Å². The Morgan fingerprint density at radius 2 is 1.58 bits per heavy atom. The number of ether oxygens (including phenoxy) is 1. The van der Waals surface area contributed by atoms with Crippen LogP contribution < -0.4 is 9.64 Å². The minimum atomic E-state index is -8.05. The second-order valence-electron chi connectivity index (χ2n) is 6.02. The van der Waals surface area contributed by atoms with Crippen LogP contribution in [0.3, 0.4) is 0 Å². The van der Waals surface area contributed by atoms with E-state index in [0.717, 1.165) is 44.5 Å². The molecule has 0 saturated carbocycles. The standard InChI is InChI=1S/C17H28F4N3OP/c1-5-9-15(10-6-2)25-17-13-14(24(7-3)8-4)11-12-16(17)22-23-26(18,19,20)21/h11-13,15H,5-10H2,1-4H3. The van der Waals surface area contributed by atoms with Crippen molar-refractivity contribution in [3.63, 3.8) is 0 Å². The van der Waals surface area contributed by atoms with Crippen LogP contribution in [0.15, 0.2) is 28.2 Å². The summed E-state index contributed by atoms with van der Waals surface area (Å²) in [5, 5.41) is 3.11. The van der Waals surface area contributed by atoms with Gasteiger partial charge in [0.25, 0.3) is 0 Å². The number of rotatable bonds is 11. The van der Waals surface area contributed by atoms with E-state index in [4.69, 9.17) is 4.74 Å². The van der Waals surface area contributed by atoms with E-state index >= 15 is 0 Å². The van der Waals surface area contributed by atoms with Gasteiger partial charge in [0.15, 0.2) is 0 Å². The molecule has 1 rings (SSSR count). The molecule has 150 valence electrons. The first-order valence-corrected chi connectivity index (χ1v) is 10.7. The van der Waals surface area contributed by atoms with Gasteiger partial charge in [0.1, 0.15) is 0 Å². The fourth-order valence-corrected chi connectivity index (χ4v) is 2.90. The molecule has 4 nitrogen and oxygen atoms in total. The van der Waals surface area contributed by atoms with Crippen LogP contribution in [-0.2, 0) is 0 Å². The van der Waals surface area contributed by atoms with Crippen molar-refractivity contribution in [2.75, 3.05) is 18.0 Å². The molecule has 26 heavy (non-hydrogen) atoms. The minimum absolute atomic E-state index is 0.113. The zero-order valence-electron chi connectivity index (χ0n) is 15.8. The van der Waals surface area contributed by atoms with Gasteiger partial charge in [-0.05, 0) is 0 Å². The van der Waals surface area contributed by atoms with E-state index in [0.29, 0.717) is 0 Å². The van der Waals surface area contributed by atoms with Crippen LogP contribution in [0.5, 0.6) is 5.75 Å². The summed E-state index contributed by atoms with van der Waals surface area (Å²) in [6, 6.07) is 4.69. The first-order valence-electron chi connectivity index (χ1n) is 8.98. The number of nitrogens with zero attached hydrogens (tertiary/aromatic N) is 3. The quantitative estimate of drug-likeness (QED) is 0.216. The number of hydrogen-bond donors (Lipinski definition) is 0. The molecular formula is C17H28F4N3OP. The molecule has 0 aromatic heterocycles. The molecule has 0 amide bonds. The van der Waals surface area contributed by atoms with Gasteiger partial charge in [0.05, 0.1) is 0 Å². The van der Waals surface area contributed by atoms with Gasteiger partial charge >= 0.3 is 152 Å². The molecule has 0 N–H and O–H groups in total. The van der Waals surface area contributed by atoms with Crippen LogP contribution in [-0.4, -0.2) is 19.2 Å². The summed E-state index contributed by atoms with van der Waals surface area (Å²) in [5.74, 6) is 0.199.